The molecule has 0 amide bonds. The van der Waals surface area contributed by atoms with Crippen LogP contribution in [0.5, 0.6) is 0 Å². The zero-order chi connectivity index (χ0) is 14.9. The molecule has 0 unspecified atom stereocenters. The van der Waals surface area contributed by atoms with E-state index < -0.39 is 0 Å². The Morgan fingerprint density at radius 2 is 1.95 bits per heavy atom. The van der Waals surface area contributed by atoms with Gasteiger partial charge in [0.1, 0.15) is 0 Å². The summed E-state index contributed by atoms with van der Waals surface area (Å²) in [6.45, 7) is 7.74. The van der Waals surface area contributed by atoms with E-state index >= 15 is 0 Å². The first kappa shape index (κ1) is 13.9. The van der Waals surface area contributed by atoms with Crippen LogP contribution in [0.3, 0.4) is 0 Å². The molecule has 0 aliphatic carbocycles. The minimum absolute atomic E-state index is 1.04. The Labute approximate surface area is 135 Å². The molecule has 0 radical (unpaired) electrons. The van der Waals surface area contributed by atoms with Gasteiger partial charge in [-0.2, -0.15) is 0 Å². The number of thiophene rings is 1. The van der Waals surface area contributed by atoms with Gasteiger partial charge in [0.15, 0.2) is 0 Å². The van der Waals surface area contributed by atoms with Crippen LogP contribution in [-0.2, 0) is 6.54 Å². The van der Waals surface area contributed by atoms with Crippen molar-refractivity contribution in [2.75, 3.05) is 31.1 Å². The van der Waals surface area contributed by atoms with Gasteiger partial charge >= 0.3 is 0 Å². The number of hydrogen-bond donors (Lipinski definition) is 1. The van der Waals surface area contributed by atoms with Crippen molar-refractivity contribution < 1.29 is 0 Å². The summed E-state index contributed by atoms with van der Waals surface area (Å²) in [5, 5.41) is 5.02. The molecule has 1 N–H and O–H groups in total. The topological polar surface area (TPSA) is 22.3 Å². The highest BCUT2D eigenvalue weighted by atomic mass is 32.1. The monoisotopic (exact) mass is 311 g/mol. The summed E-state index contributed by atoms with van der Waals surface area (Å²) in [7, 11) is 0. The van der Waals surface area contributed by atoms with Crippen molar-refractivity contribution in [2.24, 2.45) is 0 Å². The van der Waals surface area contributed by atoms with E-state index in [1.165, 1.54) is 27.0 Å². The summed E-state index contributed by atoms with van der Waals surface area (Å²) >= 11 is 1.87. The lowest BCUT2D eigenvalue weighted by Crippen LogP contribution is -2.45. The van der Waals surface area contributed by atoms with Crippen LogP contribution in [0, 0.1) is 6.92 Å². The van der Waals surface area contributed by atoms with E-state index in [1.807, 2.05) is 11.3 Å². The Kier molecular flexibility index (Phi) is 3.64. The summed E-state index contributed by atoms with van der Waals surface area (Å²) in [5.41, 5.74) is 4.03. The first-order valence-corrected chi connectivity index (χ1v) is 8.75. The highest BCUT2D eigenvalue weighted by Crippen LogP contribution is 2.26. The van der Waals surface area contributed by atoms with E-state index in [2.05, 4.69) is 63.6 Å². The number of benzene rings is 1. The molecule has 0 atom stereocenters. The third kappa shape index (κ3) is 2.64. The number of para-hydroxylation sites is 1. The van der Waals surface area contributed by atoms with Crippen molar-refractivity contribution in [3.8, 4) is 0 Å². The van der Waals surface area contributed by atoms with E-state index in [1.54, 1.807) is 0 Å². The summed E-state index contributed by atoms with van der Waals surface area (Å²) in [6, 6.07) is 10.9. The molecule has 1 fully saturated rings. The average Bonchev–Trinajstić information content (AvgIpc) is 3.15. The van der Waals surface area contributed by atoms with Crippen LogP contribution in [0.2, 0.25) is 0 Å². The largest absolute Gasteiger partial charge is 0.361 e. The summed E-state index contributed by atoms with van der Waals surface area (Å²) in [5.74, 6) is 0. The van der Waals surface area contributed by atoms with Gasteiger partial charge in [-0.1, -0.05) is 18.2 Å². The maximum absolute atomic E-state index is 3.38. The Morgan fingerprint density at radius 3 is 2.73 bits per heavy atom. The van der Waals surface area contributed by atoms with Gasteiger partial charge in [0.05, 0.1) is 5.00 Å². The number of aromatic amines is 1. The van der Waals surface area contributed by atoms with Gasteiger partial charge in [0.25, 0.3) is 0 Å². The molecule has 1 aliphatic heterocycles. The standard InChI is InChI=1S/C18H21N3S/c1-14-10-18(22-13-14)21-8-6-20(7-9-21)12-15-11-19-17-5-3-2-4-16(15)17/h2-5,10-11,13,19H,6-9,12H2,1H3. The molecule has 0 saturated carbocycles. The molecule has 4 heteroatoms. The van der Waals surface area contributed by atoms with Crippen LogP contribution >= 0.6 is 11.3 Å². The highest BCUT2D eigenvalue weighted by Gasteiger charge is 2.19. The Bertz CT molecular complexity index is 765. The van der Waals surface area contributed by atoms with Crippen molar-refractivity contribution in [3.63, 3.8) is 0 Å². The number of anilines is 1. The second kappa shape index (κ2) is 5.78. The van der Waals surface area contributed by atoms with E-state index in [4.69, 9.17) is 0 Å². The molecule has 3 aromatic rings. The van der Waals surface area contributed by atoms with E-state index in [9.17, 15) is 0 Å². The predicted octanol–water partition coefficient (Wildman–Crippen LogP) is 3.86. The number of aromatic nitrogens is 1. The van der Waals surface area contributed by atoms with Crippen LogP contribution in [0.25, 0.3) is 10.9 Å². The third-order valence-electron chi connectivity index (χ3n) is 4.47. The summed E-state index contributed by atoms with van der Waals surface area (Å²) in [6.07, 6.45) is 2.17. The first-order chi connectivity index (χ1) is 10.8. The molecule has 3 heterocycles. The molecule has 1 aliphatic rings. The smallest absolute Gasteiger partial charge is 0.0912 e. The Morgan fingerprint density at radius 1 is 1.14 bits per heavy atom. The maximum atomic E-state index is 3.38. The number of fused-ring (bicyclic) bond motifs is 1. The Hall–Kier alpha value is -1.78. The Balaban J connectivity index is 1.42. The van der Waals surface area contributed by atoms with Gasteiger partial charge in [-0.3, -0.25) is 4.90 Å². The SMILES string of the molecule is Cc1csc(N2CCN(Cc3c[nH]c4ccccc34)CC2)c1. The van der Waals surface area contributed by atoms with Gasteiger partial charge in [-0.25, -0.2) is 0 Å². The normalized spacial score (nSPS) is 16.5. The lowest BCUT2D eigenvalue weighted by molar-refractivity contribution is 0.251. The van der Waals surface area contributed by atoms with Gasteiger partial charge in [-0.05, 0) is 35.6 Å². The second-order valence-electron chi connectivity index (χ2n) is 6.08. The predicted molar refractivity (Wildman–Crippen MR) is 94.8 cm³/mol. The van der Waals surface area contributed by atoms with Gasteiger partial charge in [0, 0.05) is 49.8 Å². The molecular formula is C18H21N3S. The molecule has 4 rings (SSSR count). The van der Waals surface area contributed by atoms with Crippen molar-refractivity contribution in [1.82, 2.24) is 9.88 Å². The number of nitrogens with zero attached hydrogens (tertiary/aromatic N) is 2. The molecule has 0 bridgehead atoms. The van der Waals surface area contributed by atoms with E-state index in [0.29, 0.717) is 0 Å². The number of nitrogens with one attached hydrogen (secondary N) is 1. The van der Waals surface area contributed by atoms with Crippen molar-refractivity contribution in [2.45, 2.75) is 13.5 Å². The van der Waals surface area contributed by atoms with Crippen LogP contribution in [0.1, 0.15) is 11.1 Å². The molecule has 0 spiro atoms. The zero-order valence-corrected chi connectivity index (χ0v) is 13.7. The van der Waals surface area contributed by atoms with Gasteiger partial charge in [-0.15, -0.1) is 11.3 Å². The molecule has 3 nitrogen and oxygen atoms in total. The van der Waals surface area contributed by atoms with Crippen LogP contribution in [0.15, 0.2) is 41.9 Å². The van der Waals surface area contributed by atoms with Crippen molar-refractivity contribution in [1.29, 1.82) is 0 Å². The average molecular weight is 311 g/mol. The van der Waals surface area contributed by atoms with E-state index in [-0.39, 0.29) is 0 Å². The summed E-state index contributed by atoms with van der Waals surface area (Å²) < 4.78 is 0. The van der Waals surface area contributed by atoms with Gasteiger partial charge < -0.3 is 9.88 Å². The molecule has 2 aromatic heterocycles. The number of aryl methyl sites for hydroxylation is 1. The fourth-order valence-electron chi connectivity index (χ4n) is 3.21. The molecule has 1 saturated heterocycles. The molecule has 22 heavy (non-hydrogen) atoms. The summed E-state index contributed by atoms with van der Waals surface area (Å²) in [4.78, 5) is 8.46. The number of piperazine rings is 1. The van der Waals surface area contributed by atoms with Crippen molar-refractivity contribution in [3.05, 3.63) is 53.0 Å². The quantitative estimate of drug-likeness (QED) is 0.793. The van der Waals surface area contributed by atoms with Crippen LogP contribution in [0.4, 0.5) is 5.00 Å². The van der Waals surface area contributed by atoms with Crippen LogP contribution in [-0.4, -0.2) is 36.1 Å². The minimum atomic E-state index is 1.04. The minimum Gasteiger partial charge on any atom is -0.361 e. The third-order valence-corrected chi connectivity index (χ3v) is 5.58. The number of H-pyrrole nitrogens is 1. The molecule has 114 valence electrons. The number of rotatable bonds is 3. The lowest BCUT2D eigenvalue weighted by Gasteiger charge is -2.35. The maximum Gasteiger partial charge on any atom is 0.0912 e. The second-order valence-corrected chi connectivity index (χ2v) is 6.97. The zero-order valence-electron chi connectivity index (χ0n) is 12.9. The fourth-order valence-corrected chi connectivity index (χ4v) is 4.17. The van der Waals surface area contributed by atoms with Crippen molar-refractivity contribution >= 4 is 27.2 Å². The first-order valence-electron chi connectivity index (χ1n) is 7.87. The fraction of sp³-hybridized carbons (Fsp3) is 0.333. The van der Waals surface area contributed by atoms with Gasteiger partial charge in [0.2, 0.25) is 0 Å². The lowest BCUT2D eigenvalue weighted by atomic mass is 10.1. The highest BCUT2D eigenvalue weighted by molar-refractivity contribution is 7.14. The van der Waals surface area contributed by atoms with E-state index in [0.717, 1.165) is 32.7 Å². The number of hydrogen-bond acceptors (Lipinski definition) is 3. The molecule has 1 aromatic carbocycles. The van der Waals surface area contributed by atoms with Crippen LogP contribution < -0.4 is 4.90 Å². The molecular weight excluding hydrogens is 290 g/mol.